The van der Waals surface area contributed by atoms with Gasteiger partial charge in [0.15, 0.2) is 0 Å². The minimum atomic E-state index is -2.89. The van der Waals surface area contributed by atoms with E-state index in [1.165, 1.54) is 6.26 Å². The quantitative estimate of drug-likeness (QED) is 0.500. The first-order valence-electron chi connectivity index (χ1n) is 4.27. The van der Waals surface area contributed by atoms with Crippen LogP contribution in [0.15, 0.2) is 0 Å². The molecular weight excluding hydrogens is 196 g/mol. The van der Waals surface area contributed by atoms with Crippen LogP contribution in [0.2, 0.25) is 0 Å². The fourth-order valence-electron chi connectivity index (χ4n) is 1.03. The summed E-state index contributed by atoms with van der Waals surface area (Å²) < 4.78 is 21.6. The molecule has 0 aromatic heterocycles. The Labute approximate surface area is 80.2 Å². The number of unbranched alkanes of at least 4 members (excludes halogenated alkanes) is 2. The molecular formula is C8H17ClO2S. The molecule has 2 nitrogen and oxygen atoms in total. The Hall–Kier alpha value is 0.240. The summed E-state index contributed by atoms with van der Waals surface area (Å²) in [5, 5.41) is -0.202. The van der Waals surface area contributed by atoms with E-state index in [9.17, 15) is 8.42 Å². The van der Waals surface area contributed by atoms with Crippen molar-refractivity contribution in [1.29, 1.82) is 0 Å². The molecule has 74 valence electrons. The first-order chi connectivity index (χ1) is 5.45. The third-order valence-corrected chi connectivity index (χ3v) is 3.17. The summed E-state index contributed by atoms with van der Waals surface area (Å²) in [6, 6.07) is 0. The van der Waals surface area contributed by atoms with Crippen LogP contribution in [0.1, 0.15) is 32.6 Å². The Bertz CT molecular complexity index is 199. The highest BCUT2D eigenvalue weighted by Gasteiger charge is 2.11. The molecule has 0 aliphatic rings. The van der Waals surface area contributed by atoms with Crippen molar-refractivity contribution in [2.24, 2.45) is 0 Å². The van der Waals surface area contributed by atoms with Gasteiger partial charge in [0.2, 0.25) is 0 Å². The molecule has 0 spiro atoms. The topological polar surface area (TPSA) is 34.1 Å². The monoisotopic (exact) mass is 212 g/mol. The smallest absolute Gasteiger partial charge is 0.148 e. The normalized spacial score (nSPS) is 14.6. The summed E-state index contributed by atoms with van der Waals surface area (Å²) in [6.45, 7) is 2.11. The summed E-state index contributed by atoms with van der Waals surface area (Å²) in [6.07, 6.45) is 5.33. The summed E-state index contributed by atoms with van der Waals surface area (Å²) >= 11 is 5.82. The van der Waals surface area contributed by atoms with Crippen LogP contribution in [0.25, 0.3) is 0 Å². The Morgan fingerprint density at radius 3 is 2.33 bits per heavy atom. The van der Waals surface area contributed by atoms with E-state index < -0.39 is 9.84 Å². The molecule has 0 radical (unpaired) electrons. The zero-order valence-corrected chi connectivity index (χ0v) is 9.29. The van der Waals surface area contributed by atoms with Gasteiger partial charge in [0.1, 0.15) is 9.84 Å². The van der Waals surface area contributed by atoms with Crippen molar-refractivity contribution in [2.45, 2.75) is 38.0 Å². The van der Waals surface area contributed by atoms with Crippen LogP contribution in [0.4, 0.5) is 0 Å². The third kappa shape index (κ3) is 8.34. The van der Waals surface area contributed by atoms with E-state index in [0.29, 0.717) is 0 Å². The molecule has 12 heavy (non-hydrogen) atoms. The van der Waals surface area contributed by atoms with Gasteiger partial charge in [-0.3, -0.25) is 0 Å². The molecule has 0 bridgehead atoms. The van der Waals surface area contributed by atoms with Crippen LogP contribution in [-0.4, -0.2) is 25.8 Å². The highest BCUT2D eigenvalue weighted by Crippen LogP contribution is 2.10. The molecule has 4 heteroatoms. The third-order valence-electron chi connectivity index (χ3n) is 1.60. The lowest BCUT2D eigenvalue weighted by Gasteiger charge is -2.06. The number of alkyl halides is 1. The van der Waals surface area contributed by atoms with Crippen LogP contribution in [-0.2, 0) is 9.84 Å². The van der Waals surface area contributed by atoms with Gasteiger partial charge in [-0.2, -0.15) is 0 Å². The van der Waals surface area contributed by atoms with Gasteiger partial charge in [-0.1, -0.05) is 26.2 Å². The molecule has 0 aliphatic carbocycles. The highest BCUT2D eigenvalue weighted by molar-refractivity contribution is 7.90. The number of halogens is 1. The van der Waals surface area contributed by atoms with E-state index in [1.54, 1.807) is 0 Å². The van der Waals surface area contributed by atoms with Crippen molar-refractivity contribution in [3.63, 3.8) is 0 Å². The van der Waals surface area contributed by atoms with Gasteiger partial charge in [0, 0.05) is 11.6 Å². The fraction of sp³-hybridized carbons (Fsp3) is 1.00. The van der Waals surface area contributed by atoms with Gasteiger partial charge < -0.3 is 0 Å². The first-order valence-corrected chi connectivity index (χ1v) is 6.77. The van der Waals surface area contributed by atoms with E-state index in [2.05, 4.69) is 6.92 Å². The molecule has 0 aromatic rings. The second-order valence-electron chi connectivity index (χ2n) is 3.19. The van der Waals surface area contributed by atoms with Crippen molar-refractivity contribution in [3.05, 3.63) is 0 Å². The summed E-state index contributed by atoms with van der Waals surface area (Å²) in [5.74, 6) is 0.109. The summed E-state index contributed by atoms with van der Waals surface area (Å²) in [7, 11) is -2.89. The minimum Gasteiger partial charge on any atom is -0.229 e. The maximum absolute atomic E-state index is 10.8. The molecule has 0 saturated carbocycles. The Morgan fingerprint density at radius 1 is 1.33 bits per heavy atom. The maximum atomic E-state index is 10.8. The number of sulfone groups is 1. The van der Waals surface area contributed by atoms with Crippen molar-refractivity contribution >= 4 is 21.4 Å². The molecule has 0 N–H and O–H groups in total. The van der Waals surface area contributed by atoms with Crippen molar-refractivity contribution in [1.82, 2.24) is 0 Å². The van der Waals surface area contributed by atoms with E-state index in [1.807, 2.05) is 0 Å². The SMILES string of the molecule is CCCCCC(Cl)CS(C)(=O)=O. The van der Waals surface area contributed by atoms with Gasteiger partial charge in [-0.25, -0.2) is 8.42 Å². The van der Waals surface area contributed by atoms with Crippen LogP contribution >= 0.6 is 11.6 Å². The lowest BCUT2D eigenvalue weighted by Crippen LogP contribution is -2.14. The second kappa shape index (κ2) is 5.81. The fourth-order valence-corrected chi connectivity index (χ4v) is 2.69. The molecule has 0 aromatic carbocycles. The van der Waals surface area contributed by atoms with Crippen molar-refractivity contribution in [2.75, 3.05) is 12.0 Å². The van der Waals surface area contributed by atoms with Crippen LogP contribution in [0, 0.1) is 0 Å². The number of rotatable bonds is 6. The van der Waals surface area contributed by atoms with Gasteiger partial charge >= 0.3 is 0 Å². The number of hydrogen-bond donors (Lipinski definition) is 0. The average molecular weight is 213 g/mol. The predicted molar refractivity (Wildman–Crippen MR) is 53.5 cm³/mol. The lowest BCUT2D eigenvalue weighted by atomic mass is 10.2. The van der Waals surface area contributed by atoms with Gasteiger partial charge in [0.25, 0.3) is 0 Å². The van der Waals surface area contributed by atoms with Crippen LogP contribution < -0.4 is 0 Å². The van der Waals surface area contributed by atoms with Crippen molar-refractivity contribution in [3.8, 4) is 0 Å². The molecule has 1 unspecified atom stereocenters. The molecule has 1 atom stereocenters. The maximum Gasteiger partial charge on any atom is 0.148 e. The largest absolute Gasteiger partial charge is 0.229 e. The number of hydrogen-bond acceptors (Lipinski definition) is 2. The van der Waals surface area contributed by atoms with Gasteiger partial charge in [-0.05, 0) is 6.42 Å². The lowest BCUT2D eigenvalue weighted by molar-refractivity contribution is 0.593. The Kier molecular flexibility index (Phi) is 5.93. The average Bonchev–Trinajstić information content (AvgIpc) is 1.84. The predicted octanol–water partition coefficient (Wildman–Crippen LogP) is 2.22. The minimum absolute atomic E-state index is 0.109. The summed E-state index contributed by atoms with van der Waals surface area (Å²) in [5.41, 5.74) is 0. The van der Waals surface area contributed by atoms with Gasteiger partial charge in [-0.15, -0.1) is 11.6 Å². The molecule has 0 heterocycles. The zero-order valence-electron chi connectivity index (χ0n) is 7.72. The van der Waals surface area contributed by atoms with Crippen LogP contribution in [0.3, 0.4) is 0 Å². The standard InChI is InChI=1S/C8H17ClO2S/c1-3-4-5-6-8(9)7-12(2,10)11/h8H,3-7H2,1-2H3. The summed E-state index contributed by atoms with van der Waals surface area (Å²) in [4.78, 5) is 0. The zero-order chi connectivity index (χ0) is 9.61. The van der Waals surface area contributed by atoms with Crippen LogP contribution in [0.5, 0.6) is 0 Å². The van der Waals surface area contributed by atoms with E-state index >= 15 is 0 Å². The van der Waals surface area contributed by atoms with E-state index in [-0.39, 0.29) is 11.1 Å². The first kappa shape index (κ1) is 12.2. The van der Waals surface area contributed by atoms with E-state index in [4.69, 9.17) is 11.6 Å². The van der Waals surface area contributed by atoms with Gasteiger partial charge in [0.05, 0.1) is 5.75 Å². The Morgan fingerprint density at radius 2 is 1.92 bits per heavy atom. The molecule has 0 fully saturated rings. The van der Waals surface area contributed by atoms with E-state index in [0.717, 1.165) is 25.7 Å². The van der Waals surface area contributed by atoms with Crippen molar-refractivity contribution < 1.29 is 8.42 Å². The molecule has 0 saturated heterocycles. The highest BCUT2D eigenvalue weighted by atomic mass is 35.5. The molecule has 0 amide bonds. The molecule has 0 rings (SSSR count). The molecule has 0 aliphatic heterocycles. The Balaban J connectivity index is 3.53. The second-order valence-corrected chi connectivity index (χ2v) is 5.99.